The van der Waals surface area contributed by atoms with E-state index in [1.165, 1.54) is 24.3 Å². The van der Waals surface area contributed by atoms with Crippen molar-refractivity contribution in [3.05, 3.63) is 110 Å². The maximum absolute atomic E-state index is 13.1. The van der Waals surface area contributed by atoms with Crippen LogP contribution in [-0.4, -0.2) is 22.3 Å². The van der Waals surface area contributed by atoms with Crippen molar-refractivity contribution < 1.29 is 22.8 Å². The molecule has 2 aromatic carbocycles. The van der Waals surface area contributed by atoms with Gasteiger partial charge in [0.2, 0.25) is 5.91 Å². The maximum atomic E-state index is 13.1. The number of rotatable bonds is 8. The number of nitrogens with one attached hydrogen (secondary N) is 2. The van der Waals surface area contributed by atoms with Crippen molar-refractivity contribution >= 4 is 75.5 Å². The zero-order valence-electron chi connectivity index (χ0n) is 21.0. The average molecular weight is 653 g/mol. The number of halogens is 8. The van der Waals surface area contributed by atoms with Crippen LogP contribution in [-0.2, 0) is 4.79 Å². The van der Waals surface area contributed by atoms with Crippen molar-refractivity contribution in [1.29, 1.82) is 0 Å². The maximum Gasteiger partial charge on any atom is 0.416 e. The third-order valence-electron chi connectivity index (χ3n) is 6.03. The van der Waals surface area contributed by atoms with E-state index >= 15 is 0 Å². The Balaban J connectivity index is 1.76. The second kappa shape index (κ2) is 12.2. The highest BCUT2D eigenvalue weighted by Crippen LogP contribution is 2.65. The highest BCUT2D eigenvalue weighted by molar-refractivity contribution is 6.53. The van der Waals surface area contributed by atoms with E-state index in [1.54, 1.807) is 32.0 Å². The van der Waals surface area contributed by atoms with Crippen LogP contribution in [0.2, 0.25) is 15.1 Å². The van der Waals surface area contributed by atoms with Gasteiger partial charge in [-0.25, -0.2) is 0 Å². The van der Waals surface area contributed by atoms with Crippen molar-refractivity contribution in [2.45, 2.75) is 30.3 Å². The number of carbonyl (C=O) groups excluding carboxylic acids is 2. The molecule has 1 aliphatic carbocycles. The fourth-order valence-corrected chi connectivity index (χ4v) is 5.38. The predicted molar refractivity (Wildman–Crippen MR) is 157 cm³/mol. The van der Waals surface area contributed by atoms with Crippen LogP contribution in [0.25, 0.3) is 0 Å². The molecule has 1 aliphatic rings. The van der Waals surface area contributed by atoms with E-state index in [2.05, 4.69) is 23.8 Å². The minimum atomic E-state index is -4.64. The lowest BCUT2D eigenvalue weighted by molar-refractivity contribution is -0.117. The van der Waals surface area contributed by atoms with E-state index in [0.717, 1.165) is 6.08 Å². The number of hydrogen-bond acceptors (Lipinski definition) is 2. The van der Waals surface area contributed by atoms with Crippen LogP contribution in [0.3, 0.4) is 0 Å². The first kappa shape index (κ1) is 32.1. The quantitative estimate of drug-likeness (QED) is 0.221. The van der Waals surface area contributed by atoms with Crippen molar-refractivity contribution in [2.24, 2.45) is 5.92 Å². The number of benzene rings is 2. The van der Waals surface area contributed by atoms with E-state index in [9.17, 15) is 22.8 Å². The van der Waals surface area contributed by atoms with Gasteiger partial charge in [-0.15, -0.1) is 23.2 Å². The van der Waals surface area contributed by atoms with E-state index in [4.69, 9.17) is 58.0 Å². The van der Waals surface area contributed by atoms with Gasteiger partial charge in [0.25, 0.3) is 5.91 Å². The number of carbonyl (C=O) groups is 2. The molecular weight excluding hydrogens is 631 g/mol. The number of alkyl halides is 5. The highest BCUT2D eigenvalue weighted by atomic mass is 35.5. The summed E-state index contributed by atoms with van der Waals surface area (Å²) >= 11 is 31.2. The first-order chi connectivity index (χ1) is 18.4. The molecule has 0 radical (unpaired) electrons. The van der Waals surface area contributed by atoms with E-state index in [1.807, 2.05) is 0 Å². The van der Waals surface area contributed by atoms with E-state index < -0.39 is 39.7 Å². The second-order valence-electron chi connectivity index (χ2n) is 9.22. The normalized spacial score (nSPS) is 17.8. The molecule has 212 valence electrons. The zero-order chi connectivity index (χ0) is 30.2. The fourth-order valence-electron chi connectivity index (χ4n) is 3.81. The van der Waals surface area contributed by atoms with Gasteiger partial charge in [-0.05, 0) is 67.5 Å². The van der Waals surface area contributed by atoms with Gasteiger partial charge >= 0.3 is 6.18 Å². The largest absolute Gasteiger partial charge is 0.416 e. The third kappa shape index (κ3) is 7.45. The molecule has 12 heteroatoms. The van der Waals surface area contributed by atoms with Crippen LogP contribution in [0.4, 0.5) is 18.9 Å². The molecule has 4 nitrogen and oxygen atoms in total. The SMILES string of the molecule is C=C(/C=C\C(NC(=O)c1cc(NC(=O)C2C(c3cc(Cl)cc(Cl)c3)C2(Cl)Cl)ccc1Cl)=C(C)C)C(=C)C(F)(F)F. The van der Waals surface area contributed by atoms with E-state index in [0.29, 0.717) is 21.2 Å². The van der Waals surface area contributed by atoms with E-state index in [-0.39, 0.29) is 27.5 Å². The Hall–Kier alpha value is -2.42. The van der Waals surface area contributed by atoms with Crippen molar-refractivity contribution in [3.8, 4) is 0 Å². The summed E-state index contributed by atoms with van der Waals surface area (Å²) < 4.78 is 37.2. The molecule has 1 fully saturated rings. The van der Waals surface area contributed by atoms with Gasteiger partial charge in [-0.1, -0.05) is 59.6 Å². The lowest BCUT2D eigenvalue weighted by Gasteiger charge is -2.13. The van der Waals surface area contributed by atoms with Crippen molar-refractivity contribution in [2.75, 3.05) is 5.32 Å². The molecule has 0 bridgehead atoms. The number of amides is 2. The van der Waals surface area contributed by atoms with Gasteiger partial charge in [0, 0.05) is 27.3 Å². The molecule has 0 spiro atoms. The minimum Gasteiger partial charge on any atom is -0.326 e. The standard InChI is InChI=1S/C28H22Cl5F3N2O2/c1-13(2)22(8-5-14(3)15(4)28(34,35)36)38-25(39)20-12-19(6-7-21(20)31)37-26(40)24-23(27(24,32)33)16-9-17(29)11-18(30)10-16/h5-12,23-24H,3-4H2,1-2H3,(H,37,40)(H,38,39)/b8-5-. The minimum absolute atomic E-state index is 0.00197. The molecule has 2 unspecified atom stereocenters. The molecule has 3 rings (SSSR count). The summed E-state index contributed by atoms with van der Waals surface area (Å²) in [6, 6.07) is 9.04. The summed E-state index contributed by atoms with van der Waals surface area (Å²) in [5, 5.41) is 6.11. The van der Waals surface area contributed by atoms with Crippen LogP contribution in [0, 0.1) is 5.92 Å². The summed E-state index contributed by atoms with van der Waals surface area (Å²) in [6.45, 7) is 9.68. The summed E-state index contributed by atoms with van der Waals surface area (Å²) in [6.07, 6.45) is -2.26. The molecule has 2 atom stereocenters. The Morgan fingerprint density at radius 2 is 1.57 bits per heavy atom. The van der Waals surface area contributed by atoms with Crippen molar-refractivity contribution in [1.82, 2.24) is 5.32 Å². The number of allylic oxidation sites excluding steroid dienone is 5. The highest BCUT2D eigenvalue weighted by Gasteiger charge is 2.67. The molecule has 0 saturated heterocycles. The second-order valence-corrected chi connectivity index (χ2v) is 11.9. The molecule has 2 amide bonds. The fraction of sp³-hybridized carbons (Fsp3) is 0.214. The molecule has 2 N–H and O–H groups in total. The molecule has 0 aliphatic heterocycles. The van der Waals surface area contributed by atoms with Crippen LogP contribution in [0.15, 0.2) is 84.1 Å². The Bertz CT molecular complexity index is 1440. The first-order valence-corrected chi connectivity index (χ1v) is 13.4. The topological polar surface area (TPSA) is 58.2 Å². The Kier molecular flexibility index (Phi) is 9.80. The van der Waals surface area contributed by atoms with Gasteiger partial charge in [0.05, 0.1) is 22.1 Å². The molecule has 40 heavy (non-hydrogen) atoms. The summed E-state index contributed by atoms with van der Waals surface area (Å²) in [7, 11) is 0. The summed E-state index contributed by atoms with van der Waals surface area (Å²) in [5.74, 6) is -2.57. The zero-order valence-corrected chi connectivity index (χ0v) is 24.8. The summed E-state index contributed by atoms with van der Waals surface area (Å²) in [5.41, 5.74) is 0.186. The Morgan fingerprint density at radius 1 is 0.975 bits per heavy atom. The van der Waals surface area contributed by atoms with Crippen LogP contribution < -0.4 is 10.6 Å². The molecule has 1 saturated carbocycles. The Labute approximate surface area is 254 Å². The van der Waals surface area contributed by atoms with Gasteiger partial charge in [-0.3, -0.25) is 9.59 Å². The van der Waals surface area contributed by atoms with Gasteiger partial charge in [-0.2, -0.15) is 13.2 Å². The molecular formula is C28H22Cl5F3N2O2. The van der Waals surface area contributed by atoms with Crippen molar-refractivity contribution in [3.63, 3.8) is 0 Å². The van der Waals surface area contributed by atoms with Gasteiger partial charge in [0.1, 0.15) is 4.33 Å². The molecule has 2 aromatic rings. The lowest BCUT2D eigenvalue weighted by Crippen LogP contribution is -2.24. The van der Waals surface area contributed by atoms with Crippen LogP contribution >= 0.6 is 58.0 Å². The van der Waals surface area contributed by atoms with Gasteiger partial charge < -0.3 is 10.6 Å². The number of hydrogen-bond donors (Lipinski definition) is 2. The first-order valence-electron chi connectivity index (χ1n) is 11.5. The average Bonchev–Trinajstić information content (AvgIpc) is 3.42. The molecule has 0 heterocycles. The Morgan fingerprint density at radius 3 is 2.12 bits per heavy atom. The summed E-state index contributed by atoms with van der Waals surface area (Å²) in [4.78, 5) is 26.1. The predicted octanol–water partition coefficient (Wildman–Crippen LogP) is 9.43. The smallest absolute Gasteiger partial charge is 0.326 e. The lowest BCUT2D eigenvalue weighted by atomic mass is 10.1. The third-order valence-corrected chi connectivity index (χ3v) is 7.73. The molecule has 0 aromatic heterocycles. The van der Waals surface area contributed by atoms with Crippen LogP contribution in [0.5, 0.6) is 0 Å². The number of anilines is 1. The van der Waals surface area contributed by atoms with Gasteiger partial charge in [0.15, 0.2) is 0 Å². The monoisotopic (exact) mass is 650 g/mol. The van der Waals surface area contributed by atoms with Crippen LogP contribution in [0.1, 0.15) is 35.7 Å².